The van der Waals surface area contributed by atoms with Crippen LogP contribution in [0.5, 0.6) is 0 Å². The van der Waals surface area contributed by atoms with Crippen molar-refractivity contribution in [2.24, 2.45) is 0 Å². The van der Waals surface area contributed by atoms with Gasteiger partial charge in [-0.1, -0.05) is 65.7 Å². The zero-order valence-electron chi connectivity index (χ0n) is 20.4. The fourth-order valence-corrected chi connectivity index (χ4v) is 5.42. The summed E-state index contributed by atoms with van der Waals surface area (Å²) in [6, 6.07) is 26.8. The molecule has 0 aromatic heterocycles. The molecule has 184 valence electrons. The number of benzene rings is 3. The number of carbonyl (C=O) groups excluding carboxylic acids is 1. The quantitative estimate of drug-likeness (QED) is 0.338. The van der Waals surface area contributed by atoms with E-state index >= 15 is 0 Å². The van der Waals surface area contributed by atoms with Gasteiger partial charge in [0, 0.05) is 49.6 Å². The van der Waals surface area contributed by atoms with E-state index in [-0.39, 0.29) is 18.0 Å². The summed E-state index contributed by atoms with van der Waals surface area (Å²) in [5, 5.41) is 0.999. The molecule has 6 heteroatoms. The third kappa shape index (κ3) is 6.58. The second-order valence-corrected chi connectivity index (χ2v) is 10.2. The lowest BCUT2D eigenvalue weighted by Crippen LogP contribution is -2.59. The van der Waals surface area contributed by atoms with E-state index in [1.165, 1.54) is 11.4 Å². The minimum Gasteiger partial charge on any atom is -0.341 e. The monoisotopic (exact) mass is 509 g/mol. The van der Waals surface area contributed by atoms with E-state index in [1.807, 2.05) is 11.0 Å². The number of hydrogen-bond donors (Lipinski definition) is 0. The molecule has 1 aliphatic heterocycles. The summed E-state index contributed by atoms with van der Waals surface area (Å²) in [5.74, 6) is 0.141. The molecular weight excluding hydrogens is 477 g/mol. The van der Waals surface area contributed by atoms with Crippen LogP contribution in [-0.4, -0.2) is 54.0 Å². The minimum absolute atomic E-state index is 0.141. The van der Waals surface area contributed by atoms with Gasteiger partial charge in [0.1, 0.15) is 0 Å². The van der Waals surface area contributed by atoms with Crippen LogP contribution >= 0.6 is 23.2 Å². The Morgan fingerprint density at radius 2 is 1.43 bits per heavy atom. The first-order valence-electron chi connectivity index (χ1n) is 12.3. The number of amides is 1. The van der Waals surface area contributed by atoms with Crippen LogP contribution in [-0.2, 0) is 11.2 Å². The predicted octanol–water partition coefficient (Wildman–Crippen LogP) is 6.69. The highest BCUT2D eigenvalue weighted by Gasteiger charge is 2.32. The Morgan fingerprint density at radius 1 is 0.857 bits per heavy atom. The second-order valence-electron chi connectivity index (χ2n) is 9.36. The zero-order chi connectivity index (χ0) is 24.8. The summed E-state index contributed by atoms with van der Waals surface area (Å²) < 4.78 is 0. The largest absolute Gasteiger partial charge is 0.341 e. The molecule has 0 spiro atoms. The molecule has 1 amide bonds. The summed E-state index contributed by atoms with van der Waals surface area (Å²) in [6.45, 7) is 8.00. The van der Waals surface area contributed by atoms with E-state index < -0.39 is 0 Å². The maximum atomic E-state index is 13.1. The number of hydrogen-bond acceptors (Lipinski definition) is 3. The van der Waals surface area contributed by atoms with Crippen LogP contribution in [0.15, 0.2) is 78.9 Å². The average molecular weight is 511 g/mol. The van der Waals surface area contributed by atoms with Gasteiger partial charge in [0.05, 0.1) is 16.5 Å². The molecule has 1 heterocycles. The highest BCUT2D eigenvalue weighted by atomic mass is 35.5. The van der Waals surface area contributed by atoms with E-state index in [4.69, 9.17) is 23.2 Å². The Kier molecular flexibility index (Phi) is 8.72. The maximum Gasteiger partial charge on any atom is 0.227 e. The summed E-state index contributed by atoms with van der Waals surface area (Å²) in [5.41, 5.74) is 3.31. The maximum absolute atomic E-state index is 13.1. The fraction of sp³-hybridized carbons (Fsp3) is 0.345. The number of para-hydroxylation sites is 2. The number of piperazine rings is 1. The molecule has 1 saturated heterocycles. The number of anilines is 2. The van der Waals surface area contributed by atoms with Crippen molar-refractivity contribution in [2.75, 3.05) is 31.1 Å². The minimum atomic E-state index is 0.141. The third-order valence-electron chi connectivity index (χ3n) is 6.61. The topological polar surface area (TPSA) is 26.8 Å². The van der Waals surface area contributed by atoms with Crippen LogP contribution in [0.1, 0.15) is 25.8 Å². The van der Waals surface area contributed by atoms with Crippen molar-refractivity contribution >= 4 is 40.5 Å². The van der Waals surface area contributed by atoms with Crippen molar-refractivity contribution in [1.82, 2.24) is 9.80 Å². The van der Waals surface area contributed by atoms with Crippen molar-refractivity contribution in [3.05, 3.63) is 94.5 Å². The van der Waals surface area contributed by atoms with Gasteiger partial charge in [-0.2, -0.15) is 0 Å². The van der Waals surface area contributed by atoms with Gasteiger partial charge in [-0.05, 0) is 62.2 Å². The van der Waals surface area contributed by atoms with E-state index in [0.29, 0.717) is 16.5 Å². The predicted molar refractivity (Wildman–Crippen MR) is 147 cm³/mol. The molecule has 3 aromatic rings. The van der Waals surface area contributed by atoms with Gasteiger partial charge in [-0.25, -0.2) is 0 Å². The van der Waals surface area contributed by atoms with Crippen molar-refractivity contribution < 1.29 is 4.79 Å². The lowest BCUT2D eigenvalue weighted by Gasteiger charge is -2.44. The Bertz CT molecular complexity index is 1060. The van der Waals surface area contributed by atoms with Crippen molar-refractivity contribution in [1.29, 1.82) is 0 Å². The van der Waals surface area contributed by atoms with E-state index in [2.05, 4.69) is 84.3 Å². The Hall–Kier alpha value is -2.53. The molecule has 1 aliphatic rings. The van der Waals surface area contributed by atoms with E-state index in [0.717, 1.165) is 38.2 Å². The first-order valence-corrected chi connectivity index (χ1v) is 13.0. The van der Waals surface area contributed by atoms with Gasteiger partial charge in [-0.3, -0.25) is 9.69 Å². The first-order chi connectivity index (χ1) is 16.9. The molecular formula is C29H33Cl2N3O. The lowest BCUT2D eigenvalue weighted by molar-refractivity contribution is -0.138. The van der Waals surface area contributed by atoms with Gasteiger partial charge in [0.15, 0.2) is 0 Å². The molecule has 0 aliphatic carbocycles. The molecule has 2 atom stereocenters. The lowest BCUT2D eigenvalue weighted by atomic mass is 10.0. The van der Waals surface area contributed by atoms with Gasteiger partial charge in [0.25, 0.3) is 0 Å². The SMILES string of the molecule is C[C@@H]1CN(CCCN(c2ccccc2)c2ccccc2)C[C@H](C)N1C(=O)Cc1ccc(Cl)c(Cl)c1. The normalized spacial score (nSPS) is 18.5. The fourth-order valence-electron chi connectivity index (χ4n) is 5.10. The van der Waals surface area contributed by atoms with Gasteiger partial charge < -0.3 is 9.80 Å². The first kappa shape index (κ1) is 25.6. The molecule has 1 fully saturated rings. The van der Waals surface area contributed by atoms with Crippen LogP contribution in [0, 0.1) is 0 Å². The summed E-state index contributed by atoms with van der Waals surface area (Å²) in [7, 11) is 0. The number of halogens is 2. The van der Waals surface area contributed by atoms with E-state index in [9.17, 15) is 4.79 Å². The zero-order valence-corrected chi connectivity index (χ0v) is 21.9. The van der Waals surface area contributed by atoms with Crippen LogP contribution < -0.4 is 4.90 Å². The molecule has 4 nitrogen and oxygen atoms in total. The summed E-state index contributed by atoms with van der Waals surface area (Å²) in [6.07, 6.45) is 1.38. The summed E-state index contributed by atoms with van der Waals surface area (Å²) in [4.78, 5) is 20.0. The van der Waals surface area contributed by atoms with Crippen molar-refractivity contribution in [2.45, 2.75) is 38.8 Å². The molecule has 4 rings (SSSR count). The smallest absolute Gasteiger partial charge is 0.227 e. The van der Waals surface area contributed by atoms with Gasteiger partial charge >= 0.3 is 0 Å². The Morgan fingerprint density at radius 3 is 1.97 bits per heavy atom. The molecule has 35 heavy (non-hydrogen) atoms. The Labute approximate surface area is 219 Å². The number of rotatable bonds is 8. The van der Waals surface area contributed by atoms with Crippen LogP contribution in [0.4, 0.5) is 11.4 Å². The van der Waals surface area contributed by atoms with Crippen LogP contribution in [0.25, 0.3) is 0 Å². The molecule has 0 unspecified atom stereocenters. The second kappa shape index (κ2) is 11.9. The average Bonchev–Trinajstić information content (AvgIpc) is 2.85. The highest BCUT2D eigenvalue weighted by molar-refractivity contribution is 6.42. The van der Waals surface area contributed by atoms with Crippen molar-refractivity contribution in [3.8, 4) is 0 Å². The molecule has 3 aromatic carbocycles. The third-order valence-corrected chi connectivity index (χ3v) is 7.35. The van der Waals surface area contributed by atoms with Crippen LogP contribution in [0.2, 0.25) is 10.0 Å². The van der Waals surface area contributed by atoms with E-state index in [1.54, 1.807) is 12.1 Å². The Balaban J connectivity index is 1.33. The molecule has 0 radical (unpaired) electrons. The van der Waals surface area contributed by atoms with Gasteiger partial charge in [0.2, 0.25) is 5.91 Å². The number of nitrogens with zero attached hydrogens (tertiary/aromatic N) is 3. The van der Waals surface area contributed by atoms with Crippen molar-refractivity contribution in [3.63, 3.8) is 0 Å². The highest BCUT2D eigenvalue weighted by Crippen LogP contribution is 2.26. The van der Waals surface area contributed by atoms with Gasteiger partial charge in [-0.15, -0.1) is 0 Å². The number of carbonyl (C=O) groups is 1. The van der Waals surface area contributed by atoms with Crippen LogP contribution in [0.3, 0.4) is 0 Å². The molecule has 0 N–H and O–H groups in total. The molecule has 0 saturated carbocycles. The summed E-state index contributed by atoms with van der Waals surface area (Å²) >= 11 is 12.2. The standard InChI is InChI=1S/C29H33Cl2N3O/c1-22-20-32(21-23(2)34(22)29(35)19-24-14-15-27(30)28(31)18-24)16-9-17-33(25-10-5-3-6-11-25)26-12-7-4-8-13-26/h3-8,10-15,18,22-23H,9,16-17,19-21H2,1-2H3/t22-,23+. The molecule has 0 bridgehead atoms.